The monoisotopic (exact) mass is 367 g/mol. The fourth-order valence-electron chi connectivity index (χ4n) is 3.03. The Kier molecular flexibility index (Phi) is 8.56. The van der Waals surface area contributed by atoms with E-state index in [1.165, 1.54) is 5.56 Å². The summed E-state index contributed by atoms with van der Waals surface area (Å²) in [6.45, 7) is 2.03. The average molecular weight is 367 g/mol. The van der Waals surface area contributed by atoms with Crippen molar-refractivity contribution in [3.63, 3.8) is 0 Å². The molecular formula is C23H29NO3. The molecule has 4 nitrogen and oxygen atoms in total. The van der Waals surface area contributed by atoms with E-state index in [4.69, 9.17) is 4.74 Å². The van der Waals surface area contributed by atoms with Gasteiger partial charge in [-0.05, 0) is 56.0 Å². The minimum absolute atomic E-state index is 0.0833. The molecule has 0 radical (unpaired) electrons. The molecule has 27 heavy (non-hydrogen) atoms. The molecule has 0 saturated carbocycles. The third kappa shape index (κ3) is 7.65. The predicted octanol–water partition coefficient (Wildman–Crippen LogP) is 4.58. The fraction of sp³-hybridized carbons (Fsp3) is 0.391. The maximum absolute atomic E-state index is 12.1. The fourth-order valence-corrected chi connectivity index (χ4v) is 3.03. The highest BCUT2D eigenvalue weighted by atomic mass is 16.5. The van der Waals surface area contributed by atoms with E-state index in [1.54, 1.807) is 31.4 Å². The number of ketones is 1. The minimum atomic E-state index is 0.0833. The topological polar surface area (TPSA) is 55.4 Å². The number of rotatable bonds is 11. The van der Waals surface area contributed by atoms with Crippen molar-refractivity contribution in [1.82, 2.24) is 5.32 Å². The van der Waals surface area contributed by atoms with E-state index in [0.29, 0.717) is 18.4 Å². The number of hydrogen-bond donors (Lipinski definition) is 1. The van der Waals surface area contributed by atoms with Crippen LogP contribution < -0.4 is 10.1 Å². The van der Waals surface area contributed by atoms with Crippen molar-refractivity contribution in [2.75, 3.05) is 7.11 Å². The van der Waals surface area contributed by atoms with Crippen LogP contribution in [0.4, 0.5) is 0 Å². The van der Waals surface area contributed by atoms with Gasteiger partial charge in [-0.2, -0.15) is 0 Å². The first-order valence-electron chi connectivity index (χ1n) is 9.59. The van der Waals surface area contributed by atoms with Gasteiger partial charge in [0, 0.05) is 24.4 Å². The minimum Gasteiger partial charge on any atom is -0.497 e. The zero-order chi connectivity index (χ0) is 19.5. The van der Waals surface area contributed by atoms with Gasteiger partial charge in [0.1, 0.15) is 5.75 Å². The van der Waals surface area contributed by atoms with E-state index in [-0.39, 0.29) is 17.7 Å². The van der Waals surface area contributed by atoms with Crippen LogP contribution in [-0.2, 0) is 11.2 Å². The van der Waals surface area contributed by atoms with Crippen molar-refractivity contribution in [3.05, 3.63) is 65.7 Å². The van der Waals surface area contributed by atoms with Crippen LogP contribution in [0.2, 0.25) is 0 Å². The molecule has 0 heterocycles. The number of ether oxygens (including phenoxy) is 1. The van der Waals surface area contributed by atoms with Crippen molar-refractivity contribution in [2.24, 2.45) is 0 Å². The third-order valence-electron chi connectivity index (χ3n) is 4.51. The van der Waals surface area contributed by atoms with Crippen molar-refractivity contribution in [3.8, 4) is 5.75 Å². The molecule has 1 amide bonds. The van der Waals surface area contributed by atoms with Crippen LogP contribution in [0.5, 0.6) is 5.75 Å². The maximum Gasteiger partial charge on any atom is 0.220 e. The Labute approximate surface area is 161 Å². The van der Waals surface area contributed by atoms with E-state index < -0.39 is 0 Å². The number of benzene rings is 2. The molecule has 0 saturated heterocycles. The van der Waals surface area contributed by atoms with Gasteiger partial charge in [0.25, 0.3) is 0 Å². The summed E-state index contributed by atoms with van der Waals surface area (Å²) in [7, 11) is 1.61. The lowest BCUT2D eigenvalue weighted by Gasteiger charge is -2.14. The van der Waals surface area contributed by atoms with Gasteiger partial charge >= 0.3 is 0 Å². The van der Waals surface area contributed by atoms with Gasteiger partial charge in [-0.25, -0.2) is 0 Å². The zero-order valence-electron chi connectivity index (χ0n) is 16.2. The quantitative estimate of drug-likeness (QED) is 0.467. The Morgan fingerprint density at radius 2 is 1.59 bits per heavy atom. The molecule has 1 N–H and O–H groups in total. The Balaban J connectivity index is 1.58. The van der Waals surface area contributed by atoms with Gasteiger partial charge in [-0.3, -0.25) is 9.59 Å². The lowest BCUT2D eigenvalue weighted by atomic mass is 10.0. The van der Waals surface area contributed by atoms with E-state index in [1.807, 2.05) is 25.1 Å². The molecule has 1 atom stereocenters. The molecule has 4 heteroatoms. The molecule has 0 bridgehead atoms. The molecule has 0 fully saturated rings. The van der Waals surface area contributed by atoms with E-state index in [0.717, 1.165) is 31.4 Å². The highest BCUT2D eigenvalue weighted by molar-refractivity contribution is 5.96. The van der Waals surface area contributed by atoms with Gasteiger partial charge in [0.2, 0.25) is 5.91 Å². The first kappa shape index (κ1) is 20.7. The van der Waals surface area contributed by atoms with Crippen LogP contribution in [0.3, 0.4) is 0 Å². The first-order chi connectivity index (χ1) is 13.1. The smallest absolute Gasteiger partial charge is 0.220 e. The van der Waals surface area contributed by atoms with Gasteiger partial charge in [0.15, 0.2) is 5.78 Å². The van der Waals surface area contributed by atoms with Crippen molar-refractivity contribution >= 4 is 11.7 Å². The number of methoxy groups -OCH3 is 1. The molecule has 0 aliphatic carbocycles. The summed E-state index contributed by atoms with van der Waals surface area (Å²) >= 11 is 0. The van der Waals surface area contributed by atoms with Crippen molar-refractivity contribution < 1.29 is 14.3 Å². The van der Waals surface area contributed by atoms with Crippen molar-refractivity contribution in [2.45, 2.75) is 51.5 Å². The molecule has 0 aromatic heterocycles. The second-order valence-electron chi connectivity index (χ2n) is 6.87. The van der Waals surface area contributed by atoms with E-state index in [2.05, 4.69) is 17.4 Å². The predicted molar refractivity (Wildman–Crippen MR) is 108 cm³/mol. The summed E-state index contributed by atoms with van der Waals surface area (Å²) in [5, 5.41) is 3.05. The Hall–Kier alpha value is -2.62. The maximum atomic E-state index is 12.1. The third-order valence-corrected chi connectivity index (χ3v) is 4.51. The largest absolute Gasteiger partial charge is 0.497 e. The normalized spacial score (nSPS) is 11.6. The highest BCUT2D eigenvalue weighted by Gasteiger charge is 2.09. The molecule has 2 rings (SSSR count). The Bertz CT molecular complexity index is 710. The van der Waals surface area contributed by atoms with E-state index >= 15 is 0 Å². The molecule has 0 spiro atoms. The Morgan fingerprint density at radius 3 is 2.26 bits per heavy atom. The SMILES string of the molecule is COc1ccc(C(=O)CCCCCC(=O)NC(C)Cc2ccccc2)cc1. The van der Waals surface area contributed by atoms with Gasteiger partial charge in [-0.15, -0.1) is 0 Å². The highest BCUT2D eigenvalue weighted by Crippen LogP contribution is 2.14. The van der Waals surface area contributed by atoms with Crippen LogP contribution in [0.1, 0.15) is 54.9 Å². The summed E-state index contributed by atoms with van der Waals surface area (Å²) < 4.78 is 5.10. The van der Waals surface area contributed by atoms with Gasteiger partial charge in [-0.1, -0.05) is 36.8 Å². The van der Waals surface area contributed by atoms with E-state index in [9.17, 15) is 9.59 Å². The summed E-state index contributed by atoms with van der Waals surface area (Å²) in [6.07, 6.45) is 4.34. The summed E-state index contributed by atoms with van der Waals surface area (Å²) in [6, 6.07) is 17.5. The number of carbonyl (C=O) groups is 2. The van der Waals surface area contributed by atoms with Crippen molar-refractivity contribution in [1.29, 1.82) is 0 Å². The van der Waals surface area contributed by atoms with Crippen LogP contribution in [0.25, 0.3) is 0 Å². The number of unbranched alkanes of at least 4 members (excludes halogenated alkanes) is 2. The number of nitrogens with one attached hydrogen (secondary N) is 1. The van der Waals surface area contributed by atoms with Crippen LogP contribution in [0.15, 0.2) is 54.6 Å². The second kappa shape index (κ2) is 11.2. The Morgan fingerprint density at radius 1 is 0.926 bits per heavy atom. The lowest BCUT2D eigenvalue weighted by molar-refractivity contribution is -0.121. The number of hydrogen-bond acceptors (Lipinski definition) is 3. The lowest BCUT2D eigenvalue weighted by Crippen LogP contribution is -2.33. The molecular weight excluding hydrogens is 338 g/mol. The van der Waals surface area contributed by atoms with Crippen LogP contribution in [0, 0.1) is 0 Å². The van der Waals surface area contributed by atoms with Gasteiger partial charge in [0.05, 0.1) is 7.11 Å². The summed E-state index contributed by atoms with van der Waals surface area (Å²) in [4.78, 5) is 24.2. The molecule has 0 aliphatic heterocycles. The number of amides is 1. The summed E-state index contributed by atoms with van der Waals surface area (Å²) in [5.41, 5.74) is 1.94. The number of carbonyl (C=O) groups excluding carboxylic acids is 2. The first-order valence-corrected chi connectivity index (χ1v) is 9.59. The second-order valence-corrected chi connectivity index (χ2v) is 6.87. The van der Waals surface area contributed by atoms with Crippen LogP contribution >= 0.6 is 0 Å². The number of Topliss-reactive ketones (excluding diaryl/α,β-unsaturated/α-hetero) is 1. The molecule has 0 aliphatic rings. The molecule has 1 unspecified atom stereocenters. The standard InChI is InChI=1S/C23H29NO3/c1-18(17-19-9-5-3-6-10-19)24-23(26)12-8-4-7-11-22(25)20-13-15-21(27-2)16-14-20/h3,5-6,9-10,13-16,18H,4,7-8,11-12,17H2,1-2H3,(H,24,26). The van der Waals surface area contributed by atoms with Crippen LogP contribution in [-0.4, -0.2) is 24.8 Å². The zero-order valence-corrected chi connectivity index (χ0v) is 16.2. The molecule has 2 aromatic rings. The average Bonchev–Trinajstić information content (AvgIpc) is 2.68. The van der Waals surface area contributed by atoms with Gasteiger partial charge < -0.3 is 10.1 Å². The molecule has 2 aromatic carbocycles. The molecule has 144 valence electrons. The summed E-state index contributed by atoms with van der Waals surface area (Å²) in [5.74, 6) is 0.970.